The van der Waals surface area contributed by atoms with E-state index < -0.39 is 0 Å². The first-order valence-electron chi connectivity index (χ1n) is 7.51. The van der Waals surface area contributed by atoms with Crippen molar-refractivity contribution in [3.63, 3.8) is 0 Å². The summed E-state index contributed by atoms with van der Waals surface area (Å²) in [6.07, 6.45) is 4.77. The van der Waals surface area contributed by atoms with Gasteiger partial charge in [-0.2, -0.15) is 0 Å². The van der Waals surface area contributed by atoms with Crippen LogP contribution >= 0.6 is 0 Å². The van der Waals surface area contributed by atoms with Gasteiger partial charge >= 0.3 is 0 Å². The van der Waals surface area contributed by atoms with E-state index in [1.165, 1.54) is 36.9 Å². The van der Waals surface area contributed by atoms with Crippen LogP contribution < -0.4 is 0 Å². The van der Waals surface area contributed by atoms with Gasteiger partial charge in [-0.1, -0.05) is 31.2 Å². The maximum absolute atomic E-state index is 9.48. The summed E-state index contributed by atoms with van der Waals surface area (Å²) in [6.45, 7) is 8.13. The Balaban J connectivity index is 1.78. The number of hydrogen-bond acceptors (Lipinski definition) is 2. The Kier molecular flexibility index (Phi) is 5.00. The number of aliphatic hydroxyl groups is 1. The van der Waals surface area contributed by atoms with Crippen molar-refractivity contribution in [3.05, 3.63) is 35.4 Å². The average Bonchev–Trinajstić information content (AvgIpc) is 2.41. The molecule has 106 valence electrons. The quantitative estimate of drug-likeness (QED) is 0.880. The second-order valence-corrected chi connectivity index (χ2v) is 6.38. The van der Waals surface area contributed by atoms with Gasteiger partial charge in [0.25, 0.3) is 0 Å². The minimum atomic E-state index is 0.126. The lowest BCUT2D eigenvalue weighted by atomic mass is 9.83. The lowest BCUT2D eigenvalue weighted by molar-refractivity contribution is 0.0462. The van der Waals surface area contributed by atoms with Crippen molar-refractivity contribution >= 4 is 0 Å². The van der Waals surface area contributed by atoms with Gasteiger partial charge in [-0.15, -0.1) is 0 Å². The lowest BCUT2D eigenvalue weighted by Gasteiger charge is -2.39. The normalized spacial score (nSPS) is 24.6. The molecule has 1 unspecified atom stereocenters. The number of aryl methyl sites for hydroxylation is 2. The Bertz CT molecular complexity index is 404. The molecule has 1 fully saturated rings. The molecule has 0 aromatic heterocycles. The fraction of sp³-hybridized carbons (Fsp3) is 0.647. The lowest BCUT2D eigenvalue weighted by Crippen LogP contribution is -2.43. The van der Waals surface area contributed by atoms with E-state index >= 15 is 0 Å². The number of piperidine rings is 1. The van der Waals surface area contributed by atoms with Crippen molar-refractivity contribution in [1.29, 1.82) is 0 Å². The standard InChI is InChI=1S/C17H27NO/c1-15-7-3-4-8-16(15)9-5-11-18-12-6-10-17(2,13-18)14-19/h3-4,7-8,19H,5-6,9-14H2,1-2H3. The molecular formula is C17H27NO. The smallest absolute Gasteiger partial charge is 0.0497 e. The maximum Gasteiger partial charge on any atom is 0.0497 e. The number of benzene rings is 1. The number of likely N-dealkylation sites (tertiary alicyclic amines) is 1. The summed E-state index contributed by atoms with van der Waals surface area (Å²) in [7, 11) is 0. The molecule has 19 heavy (non-hydrogen) atoms. The van der Waals surface area contributed by atoms with Crippen LogP contribution in [-0.2, 0) is 6.42 Å². The Morgan fingerprint density at radius 3 is 2.84 bits per heavy atom. The predicted octanol–water partition coefficient (Wildman–Crippen LogP) is 3.02. The van der Waals surface area contributed by atoms with Gasteiger partial charge in [-0.05, 0) is 56.8 Å². The third kappa shape index (κ3) is 4.05. The Morgan fingerprint density at radius 2 is 2.11 bits per heavy atom. The van der Waals surface area contributed by atoms with E-state index in [0.717, 1.165) is 19.5 Å². The largest absolute Gasteiger partial charge is 0.396 e. The molecule has 1 N–H and O–H groups in total. The highest BCUT2D eigenvalue weighted by molar-refractivity contribution is 5.25. The summed E-state index contributed by atoms with van der Waals surface area (Å²) in [5.41, 5.74) is 3.01. The average molecular weight is 261 g/mol. The van der Waals surface area contributed by atoms with E-state index in [-0.39, 0.29) is 5.41 Å². The molecule has 1 aliphatic rings. The molecule has 1 aromatic carbocycles. The molecule has 2 rings (SSSR count). The number of rotatable bonds is 5. The Hall–Kier alpha value is -0.860. The number of hydrogen-bond donors (Lipinski definition) is 1. The molecule has 0 bridgehead atoms. The van der Waals surface area contributed by atoms with Crippen LogP contribution in [0.25, 0.3) is 0 Å². The van der Waals surface area contributed by atoms with Crippen molar-refractivity contribution in [3.8, 4) is 0 Å². The number of nitrogens with zero attached hydrogens (tertiary/aromatic N) is 1. The summed E-state index contributed by atoms with van der Waals surface area (Å²) in [6, 6.07) is 8.67. The van der Waals surface area contributed by atoms with Gasteiger partial charge in [0.15, 0.2) is 0 Å². The zero-order valence-electron chi connectivity index (χ0n) is 12.4. The van der Waals surface area contributed by atoms with Crippen LogP contribution in [0, 0.1) is 12.3 Å². The van der Waals surface area contributed by atoms with Crippen LogP contribution in [0.1, 0.15) is 37.3 Å². The van der Waals surface area contributed by atoms with Gasteiger partial charge in [0.1, 0.15) is 0 Å². The Labute approximate surface area is 117 Å². The summed E-state index contributed by atoms with van der Waals surface area (Å²) in [5, 5.41) is 9.48. The van der Waals surface area contributed by atoms with E-state index in [9.17, 15) is 5.11 Å². The van der Waals surface area contributed by atoms with Crippen LogP contribution in [0.3, 0.4) is 0 Å². The highest BCUT2D eigenvalue weighted by Gasteiger charge is 2.29. The Morgan fingerprint density at radius 1 is 1.32 bits per heavy atom. The fourth-order valence-electron chi connectivity index (χ4n) is 3.13. The molecule has 0 saturated carbocycles. The molecule has 1 heterocycles. The molecule has 2 heteroatoms. The van der Waals surface area contributed by atoms with Gasteiger partial charge in [0, 0.05) is 18.6 Å². The van der Waals surface area contributed by atoms with Crippen molar-refractivity contribution < 1.29 is 5.11 Å². The van der Waals surface area contributed by atoms with Gasteiger partial charge in [-0.3, -0.25) is 0 Å². The van der Waals surface area contributed by atoms with E-state index in [4.69, 9.17) is 0 Å². The summed E-state index contributed by atoms with van der Waals surface area (Å²) >= 11 is 0. The fourth-order valence-corrected chi connectivity index (χ4v) is 3.13. The zero-order chi connectivity index (χ0) is 13.7. The third-order valence-corrected chi connectivity index (χ3v) is 4.42. The second kappa shape index (κ2) is 6.53. The zero-order valence-corrected chi connectivity index (χ0v) is 12.4. The first kappa shape index (κ1) is 14.5. The van der Waals surface area contributed by atoms with Crippen molar-refractivity contribution in [1.82, 2.24) is 4.90 Å². The summed E-state index contributed by atoms with van der Waals surface area (Å²) < 4.78 is 0. The van der Waals surface area contributed by atoms with Crippen LogP contribution in [0.2, 0.25) is 0 Å². The third-order valence-electron chi connectivity index (χ3n) is 4.42. The molecule has 1 aliphatic heterocycles. The highest BCUT2D eigenvalue weighted by Crippen LogP contribution is 2.28. The van der Waals surface area contributed by atoms with Crippen molar-refractivity contribution in [2.75, 3.05) is 26.2 Å². The first-order valence-corrected chi connectivity index (χ1v) is 7.51. The molecular weight excluding hydrogens is 234 g/mol. The maximum atomic E-state index is 9.48. The number of aliphatic hydroxyl groups excluding tert-OH is 1. The molecule has 0 spiro atoms. The molecule has 1 aromatic rings. The van der Waals surface area contributed by atoms with Gasteiger partial charge in [0.2, 0.25) is 0 Å². The van der Waals surface area contributed by atoms with E-state index in [1.54, 1.807) is 0 Å². The van der Waals surface area contributed by atoms with Gasteiger partial charge in [-0.25, -0.2) is 0 Å². The molecule has 1 atom stereocenters. The molecule has 0 amide bonds. The van der Waals surface area contributed by atoms with Crippen molar-refractivity contribution in [2.24, 2.45) is 5.41 Å². The van der Waals surface area contributed by atoms with Gasteiger partial charge < -0.3 is 10.0 Å². The van der Waals surface area contributed by atoms with Crippen LogP contribution in [-0.4, -0.2) is 36.2 Å². The monoisotopic (exact) mass is 261 g/mol. The molecule has 1 saturated heterocycles. The van der Waals surface area contributed by atoms with Crippen LogP contribution in [0.4, 0.5) is 0 Å². The molecule has 0 aliphatic carbocycles. The van der Waals surface area contributed by atoms with E-state index in [2.05, 4.69) is 43.0 Å². The van der Waals surface area contributed by atoms with E-state index in [1.807, 2.05) is 0 Å². The molecule has 0 radical (unpaired) electrons. The van der Waals surface area contributed by atoms with Crippen LogP contribution in [0.15, 0.2) is 24.3 Å². The molecule has 2 nitrogen and oxygen atoms in total. The minimum absolute atomic E-state index is 0.126. The second-order valence-electron chi connectivity index (χ2n) is 6.38. The van der Waals surface area contributed by atoms with Crippen LogP contribution in [0.5, 0.6) is 0 Å². The first-order chi connectivity index (χ1) is 9.13. The highest BCUT2D eigenvalue weighted by atomic mass is 16.3. The van der Waals surface area contributed by atoms with Gasteiger partial charge in [0.05, 0.1) is 0 Å². The topological polar surface area (TPSA) is 23.5 Å². The minimum Gasteiger partial charge on any atom is -0.396 e. The predicted molar refractivity (Wildman–Crippen MR) is 80.4 cm³/mol. The summed E-state index contributed by atoms with van der Waals surface area (Å²) in [4.78, 5) is 2.53. The van der Waals surface area contributed by atoms with Crippen molar-refractivity contribution in [2.45, 2.75) is 39.5 Å². The van der Waals surface area contributed by atoms with E-state index in [0.29, 0.717) is 6.61 Å². The summed E-state index contributed by atoms with van der Waals surface area (Å²) in [5.74, 6) is 0. The SMILES string of the molecule is Cc1ccccc1CCCN1CCCC(C)(CO)C1.